The van der Waals surface area contributed by atoms with Gasteiger partial charge in [-0.2, -0.15) is 0 Å². The average molecular weight is 364 g/mol. The smallest absolute Gasteiger partial charge is 0.322 e. The fraction of sp³-hybridized carbons (Fsp3) is 0.100. The van der Waals surface area contributed by atoms with Gasteiger partial charge in [-0.05, 0) is 36.4 Å². The SMILES string of the molecule is COc1c(OC(C)=O)ccc(/C=C/c2ccc3ccccc3n2)c1[N+](=O)[O-]. The molecule has 0 radical (unpaired) electrons. The van der Waals surface area contributed by atoms with Crippen molar-refractivity contribution in [2.45, 2.75) is 6.92 Å². The lowest BCUT2D eigenvalue weighted by Gasteiger charge is -2.09. The van der Waals surface area contributed by atoms with Crippen molar-refractivity contribution in [2.75, 3.05) is 7.11 Å². The van der Waals surface area contributed by atoms with E-state index in [-0.39, 0.29) is 17.2 Å². The van der Waals surface area contributed by atoms with Crippen LogP contribution in [0.5, 0.6) is 11.5 Å². The van der Waals surface area contributed by atoms with Gasteiger partial charge in [-0.15, -0.1) is 0 Å². The normalized spacial score (nSPS) is 10.9. The van der Waals surface area contributed by atoms with Gasteiger partial charge in [-0.25, -0.2) is 4.98 Å². The van der Waals surface area contributed by atoms with Gasteiger partial charge in [0.05, 0.1) is 28.8 Å². The number of pyridine rings is 1. The molecule has 0 saturated heterocycles. The van der Waals surface area contributed by atoms with Crippen molar-refractivity contribution in [3.05, 3.63) is 69.9 Å². The van der Waals surface area contributed by atoms with Gasteiger partial charge in [-0.1, -0.05) is 24.3 Å². The van der Waals surface area contributed by atoms with Crippen LogP contribution in [0.2, 0.25) is 0 Å². The third-order valence-electron chi connectivity index (χ3n) is 3.82. The molecular weight excluding hydrogens is 348 g/mol. The van der Waals surface area contributed by atoms with Gasteiger partial charge < -0.3 is 9.47 Å². The van der Waals surface area contributed by atoms with Gasteiger partial charge in [0.15, 0.2) is 5.75 Å². The van der Waals surface area contributed by atoms with Crippen molar-refractivity contribution < 1.29 is 19.2 Å². The van der Waals surface area contributed by atoms with Gasteiger partial charge in [0.1, 0.15) is 0 Å². The Balaban J connectivity index is 2.03. The van der Waals surface area contributed by atoms with E-state index in [1.165, 1.54) is 26.2 Å². The molecule has 3 aromatic rings. The highest BCUT2D eigenvalue weighted by Gasteiger charge is 2.24. The molecule has 0 aliphatic carbocycles. The zero-order valence-electron chi connectivity index (χ0n) is 14.7. The van der Waals surface area contributed by atoms with Crippen molar-refractivity contribution in [2.24, 2.45) is 0 Å². The molecule has 3 rings (SSSR count). The van der Waals surface area contributed by atoms with E-state index in [0.717, 1.165) is 10.9 Å². The van der Waals surface area contributed by atoms with Crippen molar-refractivity contribution >= 4 is 34.7 Å². The fourth-order valence-electron chi connectivity index (χ4n) is 2.67. The number of benzene rings is 2. The van der Waals surface area contributed by atoms with E-state index in [0.29, 0.717) is 11.3 Å². The number of esters is 1. The maximum absolute atomic E-state index is 11.6. The first-order chi connectivity index (χ1) is 13.0. The Morgan fingerprint density at radius 3 is 2.59 bits per heavy atom. The Kier molecular flexibility index (Phi) is 5.12. The molecule has 1 heterocycles. The van der Waals surface area contributed by atoms with Gasteiger partial charge in [0, 0.05) is 12.3 Å². The number of nitrogens with zero attached hydrogens (tertiary/aromatic N) is 2. The summed E-state index contributed by atoms with van der Waals surface area (Å²) in [6.07, 6.45) is 3.26. The van der Waals surface area contributed by atoms with Crippen molar-refractivity contribution in [3.63, 3.8) is 0 Å². The monoisotopic (exact) mass is 364 g/mol. The van der Waals surface area contributed by atoms with Gasteiger partial charge in [0.2, 0.25) is 5.75 Å². The summed E-state index contributed by atoms with van der Waals surface area (Å²) in [5.74, 6) is -0.701. The molecule has 0 aliphatic heterocycles. The van der Waals surface area contributed by atoms with Crippen LogP contribution < -0.4 is 9.47 Å². The van der Waals surface area contributed by atoms with E-state index < -0.39 is 10.9 Å². The number of carbonyl (C=O) groups is 1. The van der Waals surface area contributed by atoms with E-state index >= 15 is 0 Å². The predicted octanol–water partition coefficient (Wildman–Crippen LogP) is 4.25. The number of nitro groups is 1. The zero-order valence-corrected chi connectivity index (χ0v) is 14.7. The number of carbonyl (C=O) groups excluding carboxylic acids is 1. The number of aromatic nitrogens is 1. The third kappa shape index (κ3) is 3.92. The molecule has 0 unspecified atom stereocenters. The number of nitro benzene ring substituents is 1. The second-order valence-electron chi connectivity index (χ2n) is 5.65. The number of hydrogen-bond donors (Lipinski definition) is 0. The summed E-state index contributed by atoms with van der Waals surface area (Å²) in [7, 11) is 1.29. The highest BCUT2D eigenvalue weighted by Crippen LogP contribution is 2.40. The number of hydrogen-bond acceptors (Lipinski definition) is 6. The van der Waals surface area contributed by atoms with E-state index in [1.54, 1.807) is 12.2 Å². The Hall–Kier alpha value is -3.74. The Morgan fingerprint density at radius 1 is 1.11 bits per heavy atom. The van der Waals surface area contributed by atoms with Gasteiger partial charge in [0.25, 0.3) is 0 Å². The highest BCUT2D eigenvalue weighted by molar-refractivity contribution is 5.83. The lowest BCUT2D eigenvalue weighted by atomic mass is 10.1. The molecular formula is C20H16N2O5. The molecule has 0 aliphatic rings. The molecule has 0 fully saturated rings. The minimum absolute atomic E-state index is 0.00215. The first-order valence-electron chi connectivity index (χ1n) is 8.07. The summed E-state index contributed by atoms with van der Waals surface area (Å²) in [4.78, 5) is 26.7. The van der Waals surface area contributed by atoms with Crippen LogP contribution in [0.15, 0.2) is 48.5 Å². The van der Waals surface area contributed by atoms with E-state index in [4.69, 9.17) is 9.47 Å². The molecule has 27 heavy (non-hydrogen) atoms. The first-order valence-corrected chi connectivity index (χ1v) is 8.07. The maximum atomic E-state index is 11.6. The Bertz CT molecular complexity index is 1060. The Morgan fingerprint density at radius 2 is 1.89 bits per heavy atom. The number of methoxy groups -OCH3 is 1. The third-order valence-corrected chi connectivity index (χ3v) is 3.82. The van der Waals surface area contributed by atoms with Crippen molar-refractivity contribution in [1.82, 2.24) is 4.98 Å². The zero-order chi connectivity index (χ0) is 19.4. The van der Waals surface area contributed by atoms with Crippen molar-refractivity contribution in [3.8, 4) is 11.5 Å². The minimum atomic E-state index is -0.591. The fourth-order valence-corrected chi connectivity index (χ4v) is 2.67. The summed E-state index contributed by atoms with van der Waals surface area (Å²) < 4.78 is 10.1. The number of ether oxygens (including phenoxy) is 2. The first kappa shape index (κ1) is 18.1. The predicted molar refractivity (Wildman–Crippen MR) is 102 cm³/mol. The summed E-state index contributed by atoms with van der Waals surface area (Å²) in [6.45, 7) is 1.21. The van der Waals surface area contributed by atoms with Crippen LogP contribution in [0.1, 0.15) is 18.2 Å². The quantitative estimate of drug-likeness (QED) is 0.291. The summed E-state index contributed by atoms with van der Waals surface area (Å²) >= 11 is 0. The molecule has 0 amide bonds. The van der Waals surface area contributed by atoms with Crippen LogP contribution in [0.3, 0.4) is 0 Å². The molecule has 0 saturated carbocycles. The van der Waals surface area contributed by atoms with E-state index in [2.05, 4.69) is 4.98 Å². The topological polar surface area (TPSA) is 91.6 Å². The minimum Gasteiger partial charge on any atom is -0.488 e. The van der Waals surface area contributed by atoms with Crippen LogP contribution in [0, 0.1) is 10.1 Å². The standard InChI is InChI=1S/C20H16N2O5/c1-13(23)27-18-12-9-15(19(22(24)25)20(18)26-2)8-11-16-10-7-14-5-3-4-6-17(14)21-16/h3-12H,1-2H3/b11-8+. The van der Waals surface area contributed by atoms with E-state index in [1.807, 2.05) is 36.4 Å². The molecule has 7 heteroatoms. The summed E-state index contributed by atoms with van der Waals surface area (Å²) in [5, 5.41) is 12.6. The van der Waals surface area contributed by atoms with Crippen LogP contribution in [0.25, 0.3) is 23.1 Å². The molecule has 0 atom stereocenters. The van der Waals surface area contributed by atoms with Crippen LogP contribution in [-0.2, 0) is 4.79 Å². The second-order valence-corrected chi connectivity index (χ2v) is 5.65. The number of fused-ring (bicyclic) bond motifs is 1. The summed E-state index contributed by atoms with van der Waals surface area (Å²) in [6, 6.07) is 14.4. The number of para-hydroxylation sites is 1. The van der Waals surface area contributed by atoms with Crippen molar-refractivity contribution in [1.29, 1.82) is 0 Å². The maximum Gasteiger partial charge on any atom is 0.322 e. The van der Waals surface area contributed by atoms with Crippen LogP contribution in [0.4, 0.5) is 5.69 Å². The molecule has 136 valence electrons. The molecule has 7 nitrogen and oxygen atoms in total. The highest BCUT2D eigenvalue weighted by atomic mass is 16.6. The lowest BCUT2D eigenvalue weighted by molar-refractivity contribution is -0.386. The summed E-state index contributed by atoms with van der Waals surface area (Å²) in [5.41, 5.74) is 1.51. The lowest BCUT2D eigenvalue weighted by Crippen LogP contribution is -2.05. The van der Waals surface area contributed by atoms with Gasteiger partial charge >= 0.3 is 11.7 Å². The van der Waals surface area contributed by atoms with Crippen LogP contribution in [-0.4, -0.2) is 23.0 Å². The number of rotatable bonds is 5. The van der Waals surface area contributed by atoms with E-state index in [9.17, 15) is 14.9 Å². The molecule has 0 bridgehead atoms. The molecule has 0 spiro atoms. The average Bonchev–Trinajstić information content (AvgIpc) is 2.65. The Labute approximate surface area is 155 Å². The van der Waals surface area contributed by atoms with Crippen LogP contribution >= 0.6 is 0 Å². The molecule has 2 aromatic carbocycles. The van der Waals surface area contributed by atoms with Gasteiger partial charge in [-0.3, -0.25) is 14.9 Å². The largest absolute Gasteiger partial charge is 0.488 e. The molecule has 1 aromatic heterocycles. The molecule has 0 N–H and O–H groups in total. The second kappa shape index (κ2) is 7.65.